The lowest BCUT2D eigenvalue weighted by Gasteiger charge is -2.22. The van der Waals surface area contributed by atoms with Gasteiger partial charge >= 0.3 is 0 Å². The van der Waals surface area contributed by atoms with Gasteiger partial charge in [0.05, 0.1) is 0 Å². The Hall–Kier alpha value is -3.28. The molecule has 1 aromatic heterocycles. The number of hydrogen-bond donors (Lipinski definition) is 2. The summed E-state index contributed by atoms with van der Waals surface area (Å²) in [4.78, 5) is 21.0. The molecule has 0 atom stereocenters. The summed E-state index contributed by atoms with van der Waals surface area (Å²) in [5.74, 6) is -0.485. The quantitative estimate of drug-likeness (QED) is 0.690. The van der Waals surface area contributed by atoms with E-state index in [1.54, 1.807) is 12.1 Å². The van der Waals surface area contributed by atoms with Crippen molar-refractivity contribution in [3.63, 3.8) is 0 Å². The summed E-state index contributed by atoms with van der Waals surface area (Å²) in [7, 11) is 0. The molecule has 0 fully saturated rings. The van der Waals surface area contributed by atoms with Crippen LogP contribution in [-0.4, -0.2) is 15.9 Å². The standard InChI is InChI=1S/C21H21FN4O/c1-21(2,3)16-9-4-5-10-17(16)25-19(27)18-11-12-23-20(26-18)24-15-8-6-7-14(22)13-15/h4-13H,1-3H3,(H,25,27)(H,23,24,26). The Balaban J connectivity index is 1.81. The van der Waals surface area contributed by atoms with Crippen molar-refractivity contribution in [3.05, 3.63) is 77.9 Å². The normalized spacial score (nSPS) is 11.1. The molecule has 0 aliphatic carbocycles. The second-order valence-electron chi connectivity index (χ2n) is 7.15. The molecular weight excluding hydrogens is 343 g/mol. The van der Waals surface area contributed by atoms with Gasteiger partial charge in [0.25, 0.3) is 5.91 Å². The van der Waals surface area contributed by atoms with Crippen LogP contribution in [0.3, 0.4) is 0 Å². The van der Waals surface area contributed by atoms with Crippen LogP contribution in [0.25, 0.3) is 0 Å². The van der Waals surface area contributed by atoms with Gasteiger partial charge in [0, 0.05) is 17.6 Å². The number of benzene rings is 2. The summed E-state index contributed by atoms with van der Waals surface area (Å²) in [6.07, 6.45) is 1.49. The molecule has 2 aromatic carbocycles. The molecule has 0 aliphatic heterocycles. The summed E-state index contributed by atoms with van der Waals surface area (Å²) in [6.45, 7) is 6.26. The number of anilines is 3. The third-order valence-corrected chi connectivity index (χ3v) is 3.95. The number of para-hydroxylation sites is 1. The van der Waals surface area contributed by atoms with E-state index in [1.165, 1.54) is 24.4 Å². The van der Waals surface area contributed by atoms with E-state index < -0.39 is 0 Å². The number of amides is 1. The highest BCUT2D eigenvalue weighted by molar-refractivity contribution is 6.03. The second-order valence-corrected chi connectivity index (χ2v) is 7.15. The summed E-state index contributed by atoms with van der Waals surface area (Å²) >= 11 is 0. The van der Waals surface area contributed by atoms with Crippen LogP contribution in [0.15, 0.2) is 60.8 Å². The van der Waals surface area contributed by atoms with Crippen molar-refractivity contribution >= 4 is 23.2 Å². The minimum atomic E-state index is -0.368. The second kappa shape index (κ2) is 7.53. The number of halogens is 1. The molecule has 0 unspecified atom stereocenters. The van der Waals surface area contributed by atoms with Crippen molar-refractivity contribution in [2.45, 2.75) is 26.2 Å². The number of nitrogens with one attached hydrogen (secondary N) is 2. The average molecular weight is 364 g/mol. The average Bonchev–Trinajstić information content (AvgIpc) is 2.61. The molecule has 0 radical (unpaired) electrons. The van der Waals surface area contributed by atoms with E-state index >= 15 is 0 Å². The van der Waals surface area contributed by atoms with Gasteiger partial charge in [0.2, 0.25) is 5.95 Å². The fourth-order valence-electron chi connectivity index (χ4n) is 2.67. The summed E-state index contributed by atoms with van der Waals surface area (Å²) in [6, 6.07) is 15.2. The molecule has 0 saturated carbocycles. The van der Waals surface area contributed by atoms with Crippen molar-refractivity contribution in [2.75, 3.05) is 10.6 Å². The van der Waals surface area contributed by atoms with E-state index in [1.807, 2.05) is 24.3 Å². The molecule has 3 aromatic rings. The molecule has 0 spiro atoms. The van der Waals surface area contributed by atoms with E-state index in [2.05, 4.69) is 41.4 Å². The molecule has 5 nitrogen and oxygen atoms in total. The van der Waals surface area contributed by atoms with E-state index in [0.29, 0.717) is 5.69 Å². The summed E-state index contributed by atoms with van der Waals surface area (Å²) < 4.78 is 13.3. The van der Waals surface area contributed by atoms with Crippen molar-refractivity contribution in [1.82, 2.24) is 9.97 Å². The van der Waals surface area contributed by atoms with Crippen molar-refractivity contribution < 1.29 is 9.18 Å². The van der Waals surface area contributed by atoms with Gasteiger partial charge in [-0.25, -0.2) is 14.4 Å². The molecular formula is C21H21FN4O. The highest BCUT2D eigenvalue weighted by Gasteiger charge is 2.19. The molecule has 0 bridgehead atoms. The van der Waals surface area contributed by atoms with Crippen LogP contribution in [0.5, 0.6) is 0 Å². The first kappa shape index (κ1) is 18.5. The molecule has 2 N–H and O–H groups in total. The smallest absolute Gasteiger partial charge is 0.274 e. The molecule has 0 saturated heterocycles. The minimum Gasteiger partial charge on any atom is -0.324 e. The summed E-state index contributed by atoms with van der Waals surface area (Å²) in [5.41, 5.74) is 2.39. The number of rotatable bonds is 4. The predicted molar refractivity (Wildman–Crippen MR) is 105 cm³/mol. The molecule has 3 rings (SSSR count). The highest BCUT2D eigenvalue weighted by Crippen LogP contribution is 2.29. The van der Waals surface area contributed by atoms with Gasteiger partial charge < -0.3 is 10.6 Å². The molecule has 138 valence electrons. The van der Waals surface area contributed by atoms with Gasteiger partial charge in [-0.1, -0.05) is 45.0 Å². The van der Waals surface area contributed by atoms with Crippen LogP contribution in [0.2, 0.25) is 0 Å². The minimum absolute atomic E-state index is 0.111. The predicted octanol–water partition coefficient (Wildman–Crippen LogP) is 4.91. The van der Waals surface area contributed by atoms with Crippen LogP contribution in [-0.2, 0) is 5.41 Å². The van der Waals surface area contributed by atoms with Crippen molar-refractivity contribution in [3.8, 4) is 0 Å². The lowest BCUT2D eigenvalue weighted by atomic mass is 9.86. The number of aromatic nitrogens is 2. The monoisotopic (exact) mass is 364 g/mol. The Morgan fingerprint density at radius 3 is 2.56 bits per heavy atom. The van der Waals surface area contributed by atoms with Crippen molar-refractivity contribution in [2.24, 2.45) is 0 Å². The van der Waals surface area contributed by atoms with Crippen LogP contribution in [0.1, 0.15) is 36.8 Å². The lowest BCUT2D eigenvalue weighted by molar-refractivity contribution is 0.102. The van der Waals surface area contributed by atoms with Crippen LogP contribution in [0, 0.1) is 5.82 Å². The fraction of sp³-hybridized carbons (Fsp3) is 0.190. The Kier molecular flexibility index (Phi) is 5.16. The fourth-order valence-corrected chi connectivity index (χ4v) is 2.67. The number of carbonyl (C=O) groups excluding carboxylic acids is 1. The van der Waals surface area contributed by atoms with Gasteiger partial charge in [-0.2, -0.15) is 0 Å². The SMILES string of the molecule is CC(C)(C)c1ccccc1NC(=O)c1ccnc(Nc2cccc(F)c2)n1. The number of nitrogens with zero attached hydrogens (tertiary/aromatic N) is 2. The molecule has 27 heavy (non-hydrogen) atoms. The third kappa shape index (κ3) is 4.67. The van der Waals surface area contributed by atoms with E-state index in [0.717, 1.165) is 11.3 Å². The third-order valence-electron chi connectivity index (χ3n) is 3.95. The zero-order valence-corrected chi connectivity index (χ0v) is 15.5. The van der Waals surface area contributed by atoms with Gasteiger partial charge in [0.15, 0.2) is 0 Å². The zero-order valence-electron chi connectivity index (χ0n) is 15.5. The number of carbonyl (C=O) groups is 1. The van der Waals surface area contributed by atoms with E-state index in [9.17, 15) is 9.18 Å². The Morgan fingerprint density at radius 1 is 1.04 bits per heavy atom. The first-order chi connectivity index (χ1) is 12.8. The van der Waals surface area contributed by atoms with Gasteiger partial charge in [-0.15, -0.1) is 0 Å². The first-order valence-electron chi connectivity index (χ1n) is 8.59. The van der Waals surface area contributed by atoms with E-state index in [-0.39, 0.29) is 28.8 Å². The zero-order chi connectivity index (χ0) is 19.4. The maximum absolute atomic E-state index is 13.3. The van der Waals surface area contributed by atoms with Crippen LogP contribution in [0.4, 0.5) is 21.7 Å². The van der Waals surface area contributed by atoms with Gasteiger partial charge in [-0.05, 0) is 41.3 Å². The highest BCUT2D eigenvalue weighted by atomic mass is 19.1. The maximum atomic E-state index is 13.3. The van der Waals surface area contributed by atoms with Crippen LogP contribution >= 0.6 is 0 Å². The molecule has 1 heterocycles. The largest absolute Gasteiger partial charge is 0.324 e. The Labute approximate surface area is 157 Å². The Bertz CT molecular complexity index is 966. The van der Waals surface area contributed by atoms with E-state index in [4.69, 9.17) is 0 Å². The molecule has 0 aliphatic rings. The number of hydrogen-bond acceptors (Lipinski definition) is 4. The van der Waals surface area contributed by atoms with Gasteiger partial charge in [0.1, 0.15) is 11.5 Å². The van der Waals surface area contributed by atoms with Crippen LogP contribution < -0.4 is 10.6 Å². The van der Waals surface area contributed by atoms with Crippen molar-refractivity contribution in [1.29, 1.82) is 0 Å². The first-order valence-corrected chi connectivity index (χ1v) is 8.59. The Morgan fingerprint density at radius 2 is 1.81 bits per heavy atom. The molecule has 6 heteroatoms. The summed E-state index contributed by atoms with van der Waals surface area (Å²) in [5, 5.41) is 5.81. The molecule has 1 amide bonds. The van der Waals surface area contributed by atoms with Gasteiger partial charge in [-0.3, -0.25) is 4.79 Å². The maximum Gasteiger partial charge on any atom is 0.274 e. The lowest BCUT2D eigenvalue weighted by Crippen LogP contribution is -2.19. The topological polar surface area (TPSA) is 66.9 Å².